The molecule has 0 bridgehead atoms. The maximum absolute atomic E-state index is 6.16. The van der Waals surface area contributed by atoms with Crippen molar-refractivity contribution in [3.05, 3.63) is 40.8 Å². The van der Waals surface area contributed by atoms with E-state index in [1.54, 1.807) is 0 Å². The molecule has 1 N–H and O–H groups in total. The normalized spacial score (nSPS) is 14.2. The van der Waals surface area contributed by atoms with E-state index in [-0.39, 0.29) is 0 Å². The summed E-state index contributed by atoms with van der Waals surface area (Å²) in [6.07, 6.45) is 4.04. The van der Waals surface area contributed by atoms with Gasteiger partial charge < -0.3 is 5.32 Å². The Kier molecular flexibility index (Phi) is 3.50. The topological polar surface area (TPSA) is 29.3 Å². The van der Waals surface area contributed by atoms with Gasteiger partial charge in [-0.05, 0) is 39.1 Å². The minimum atomic E-state index is 0.320. The number of hydrogen-bond donors (Lipinski definition) is 1. The first kappa shape index (κ1) is 12.1. The first-order valence-electron chi connectivity index (χ1n) is 5.61. The molecule has 17 heavy (non-hydrogen) atoms. The Hall–Kier alpha value is -1.32. The third kappa shape index (κ3) is 2.35. The molecule has 0 amide bonds. The van der Waals surface area contributed by atoms with E-state index >= 15 is 0 Å². The van der Waals surface area contributed by atoms with Gasteiger partial charge >= 0.3 is 0 Å². The average molecular weight is 250 g/mol. The third-order valence-corrected chi connectivity index (χ3v) is 3.28. The number of nitrogens with one attached hydrogen (secondary N) is 1. The lowest BCUT2D eigenvalue weighted by atomic mass is 10.1. The number of imidazole rings is 1. The Morgan fingerprint density at radius 2 is 2.29 bits per heavy atom. The molecule has 0 aliphatic heterocycles. The lowest BCUT2D eigenvalue weighted by Gasteiger charge is -2.10. The van der Waals surface area contributed by atoms with Crippen molar-refractivity contribution in [3.63, 3.8) is 0 Å². The van der Waals surface area contributed by atoms with Crippen molar-refractivity contribution in [1.82, 2.24) is 14.7 Å². The summed E-state index contributed by atoms with van der Waals surface area (Å²) in [4.78, 5) is 4.31. The standard InChI is InChI=1S/C13H16ClN3/c1-9(10(2)15-3)8-11-13(14)16-12-6-4-5-7-17(11)12/h4-8,10,15H,1-3H3/b9-8+. The van der Waals surface area contributed by atoms with E-state index in [0.29, 0.717) is 11.2 Å². The van der Waals surface area contributed by atoms with Gasteiger partial charge in [-0.25, -0.2) is 4.98 Å². The summed E-state index contributed by atoms with van der Waals surface area (Å²) >= 11 is 6.16. The molecule has 0 fully saturated rings. The molecule has 0 radical (unpaired) electrons. The summed E-state index contributed by atoms with van der Waals surface area (Å²) in [6, 6.07) is 6.19. The second kappa shape index (κ2) is 4.90. The van der Waals surface area contributed by atoms with Crippen LogP contribution in [0.3, 0.4) is 0 Å². The number of fused-ring (bicyclic) bond motifs is 1. The fraction of sp³-hybridized carbons (Fsp3) is 0.308. The van der Waals surface area contributed by atoms with Gasteiger partial charge in [0.05, 0.1) is 5.69 Å². The van der Waals surface area contributed by atoms with Crippen molar-refractivity contribution in [3.8, 4) is 0 Å². The number of pyridine rings is 1. The van der Waals surface area contributed by atoms with Crippen LogP contribution in [0, 0.1) is 0 Å². The molecule has 2 heterocycles. The van der Waals surface area contributed by atoms with Crippen LogP contribution in [0.4, 0.5) is 0 Å². The Labute approximate surface area is 106 Å². The Morgan fingerprint density at radius 3 is 3.00 bits per heavy atom. The second-order valence-corrected chi connectivity index (χ2v) is 4.47. The van der Waals surface area contributed by atoms with Crippen LogP contribution in [-0.4, -0.2) is 22.5 Å². The number of aromatic nitrogens is 2. The Bertz CT molecular complexity index is 557. The van der Waals surface area contributed by atoms with E-state index < -0.39 is 0 Å². The van der Waals surface area contributed by atoms with Gasteiger partial charge in [-0.15, -0.1) is 0 Å². The fourth-order valence-electron chi connectivity index (χ4n) is 1.68. The first-order chi connectivity index (χ1) is 8.13. The molecule has 3 nitrogen and oxygen atoms in total. The highest BCUT2D eigenvalue weighted by atomic mass is 35.5. The molecular formula is C13H16ClN3. The predicted molar refractivity (Wildman–Crippen MR) is 72.4 cm³/mol. The molecule has 90 valence electrons. The van der Waals surface area contributed by atoms with Gasteiger partial charge in [-0.3, -0.25) is 4.40 Å². The molecular weight excluding hydrogens is 234 g/mol. The van der Waals surface area contributed by atoms with Crippen molar-refractivity contribution in [2.45, 2.75) is 19.9 Å². The zero-order valence-corrected chi connectivity index (χ0v) is 11.0. The molecule has 0 saturated carbocycles. The highest BCUT2D eigenvalue weighted by Crippen LogP contribution is 2.21. The zero-order chi connectivity index (χ0) is 12.4. The molecule has 0 aromatic carbocycles. The van der Waals surface area contributed by atoms with Gasteiger partial charge in [0.25, 0.3) is 0 Å². The number of nitrogens with zero attached hydrogens (tertiary/aromatic N) is 2. The van der Waals surface area contributed by atoms with E-state index in [2.05, 4.69) is 30.2 Å². The largest absolute Gasteiger partial charge is 0.314 e. The monoisotopic (exact) mass is 249 g/mol. The lowest BCUT2D eigenvalue weighted by Crippen LogP contribution is -2.22. The number of rotatable bonds is 3. The van der Waals surface area contributed by atoms with Crippen LogP contribution < -0.4 is 5.32 Å². The van der Waals surface area contributed by atoms with E-state index in [1.807, 2.05) is 35.8 Å². The maximum Gasteiger partial charge on any atom is 0.155 e. The van der Waals surface area contributed by atoms with E-state index in [0.717, 1.165) is 11.3 Å². The summed E-state index contributed by atoms with van der Waals surface area (Å²) in [5, 5.41) is 3.74. The highest BCUT2D eigenvalue weighted by Gasteiger charge is 2.09. The summed E-state index contributed by atoms with van der Waals surface area (Å²) in [7, 11) is 1.94. The summed E-state index contributed by atoms with van der Waals surface area (Å²) in [5.74, 6) is 0. The molecule has 2 aromatic rings. The van der Waals surface area contributed by atoms with Crippen LogP contribution in [0.25, 0.3) is 11.7 Å². The fourth-order valence-corrected chi connectivity index (χ4v) is 1.92. The van der Waals surface area contributed by atoms with Crippen molar-refractivity contribution >= 4 is 23.3 Å². The van der Waals surface area contributed by atoms with Gasteiger partial charge in [0.2, 0.25) is 0 Å². The smallest absolute Gasteiger partial charge is 0.155 e. The molecule has 2 rings (SSSR count). The maximum atomic E-state index is 6.16. The number of halogens is 1. The van der Waals surface area contributed by atoms with E-state index in [1.165, 1.54) is 5.57 Å². The molecule has 4 heteroatoms. The lowest BCUT2D eigenvalue weighted by molar-refractivity contribution is 0.696. The third-order valence-electron chi connectivity index (χ3n) is 3.00. The SMILES string of the molecule is CNC(C)/C(C)=C/c1c(Cl)nc2ccccn12. The average Bonchev–Trinajstić information content (AvgIpc) is 2.65. The van der Waals surface area contributed by atoms with Gasteiger partial charge in [0.1, 0.15) is 5.65 Å². The molecule has 2 aromatic heterocycles. The first-order valence-corrected chi connectivity index (χ1v) is 5.99. The summed E-state index contributed by atoms with van der Waals surface area (Å²) in [6.45, 7) is 4.20. The number of likely N-dealkylation sites (N-methyl/N-ethyl adjacent to an activating group) is 1. The highest BCUT2D eigenvalue weighted by molar-refractivity contribution is 6.31. The van der Waals surface area contributed by atoms with Crippen LogP contribution in [-0.2, 0) is 0 Å². The van der Waals surface area contributed by atoms with Gasteiger partial charge in [-0.1, -0.05) is 23.2 Å². The predicted octanol–water partition coefficient (Wildman–Crippen LogP) is 3.00. The Morgan fingerprint density at radius 1 is 1.53 bits per heavy atom. The van der Waals surface area contributed by atoms with Crippen molar-refractivity contribution in [1.29, 1.82) is 0 Å². The van der Waals surface area contributed by atoms with Crippen LogP contribution in [0.15, 0.2) is 30.0 Å². The molecule has 0 saturated heterocycles. The van der Waals surface area contributed by atoms with Crippen molar-refractivity contribution in [2.24, 2.45) is 0 Å². The van der Waals surface area contributed by atoms with Gasteiger partial charge in [0.15, 0.2) is 5.15 Å². The summed E-state index contributed by atoms with van der Waals surface area (Å²) < 4.78 is 1.99. The number of hydrogen-bond acceptors (Lipinski definition) is 2. The quantitative estimate of drug-likeness (QED) is 0.906. The van der Waals surface area contributed by atoms with Crippen LogP contribution in [0.2, 0.25) is 5.15 Å². The summed E-state index contributed by atoms with van der Waals surface area (Å²) in [5.41, 5.74) is 3.02. The zero-order valence-electron chi connectivity index (χ0n) is 10.2. The second-order valence-electron chi connectivity index (χ2n) is 4.12. The van der Waals surface area contributed by atoms with Crippen LogP contribution >= 0.6 is 11.6 Å². The minimum Gasteiger partial charge on any atom is -0.314 e. The molecule has 1 unspecified atom stereocenters. The van der Waals surface area contributed by atoms with Crippen LogP contribution in [0.1, 0.15) is 19.5 Å². The molecule has 0 spiro atoms. The van der Waals surface area contributed by atoms with Crippen molar-refractivity contribution in [2.75, 3.05) is 7.05 Å². The van der Waals surface area contributed by atoms with E-state index in [4.69, 9.17) is 11.6 Å². The van der Waals surface area contributed by atoms with Gasteiger partial charge in [-0.2, -0.15) is 0 Å². The molecule has 1 atom stereocenters. The van der Waals surface area contributed by atoms with Crippen molar-refractivity contribution < 1.29 is 0 Å². The van der Waals surface area contributed by atoms with E-state index in [9.17, 15) is 0 Å². The van der Waals surface area contributed by atoms with Gasteiger partial charge in [0, 0.05) is 12.2 Å². The van der Waals surface area contributed by atoms with Crippen LogP contribution in [0.5, 0.6) is 0 Å². The minimum absolute atomic E-state index is 0.320. The molecule has 0 aliphatic carbocycles. The molecule has 0 aliphatic rings. The Balaban J connectivity index is 2.52.